The van der Waals surface area contributed by atoms with Crippen molar-refractivity contribution >= 4 is 0 Å². The predicted octanol–water partition coefficient (Wildman–Crippen LogP) is 2.00. The van der Waals surface area contributed by atoms with Gasteiger partial charge in [-0.3, -0.25) is 11.3 Å². The fourth-order valence-corrected chi connectivity index (χ4v) is 1.20. The Labute approximate surface area is 85.2 Å². The van der Waals surface area contributed by atoms with E-state index in [2.05, 4.69) is 5.43 Å². The number of hydrogen-bond donors (Lipinski definition) is 2. The minimum atomic E-state index is 0.170. The summed E-state index contributed by atoms with van der Waals surface area (Å²) in [5.74, 6) is 6.24. The summed E-state index contributed by atoms with van der Waals surface area (Å²) in [4.78, 5) is 0. The van der Waals surface area contributed by atoms with E-state index in [-0.39, 0.29) is 12.1 Å². The maximum absolute atomic E-state index is 5.53. The van der Waals surface area contributed by atoms with E-state index in [1.807, 2.05) is 45.0 Å². The first kappa shape index (κ1) is 11.0. The van der Waals surface area contributed by atoms with Crippen LogP contribution in [-0.2, 0) is 0 Å². The van der Waals surface area contributed by atoms with Crippen molar-refractivity contribution in [1.82, 2.24) is 5.43 Å². The fourth-order valence-electron chi connectivity index (χ4n) is 1.20. The minimum Gasteiger partial charge on any atom is -0.491 e. The maximum atomic E-state index is 5.53. The second kappa shape index (κ2) is 4.98. The van der Waals surface area contributed by atoms with Crippen LogP contribution in [0.25, 0.3) is 0 Å². The number of ether oxygens (including phenoxy) is 1. The molecule has 0 saturated heterocycles. The van der Waals surface area contributed by atoms with Gasteiger partial charge in [-0.2, -0.15) is 0 Å². The zero-order valence-corrected chi connectivity index (χ0v) is 8.95. The number of hydrazine groups is 1. The van der Waals surface area contributed by atoms with E-state index in [1.165, 1.54) is 0 Å². The number of nitrogens with two attached hydrogens (primary N) is 1. The lowest BCUT2D eigenvalue weighted by Crippen LogP contribution is -2.25. The average molecular weight is 194 g/mol. The maximum Gasteiger partial charge on any atom is 0.119 e. The zero-order valence-electron chi connectivity index (χ0n) is 8.95. The first-order chi connectivity index (χ1) is 6.63. The number of benzene rings is 1. The first-order valence-corrected chi connectivity index (χ1v) is 4.86. The van der Waals surface area contributed by atoms with E-state index in [1.54, 1.807) is 0 Å². The number of nitrogens with one attached hydrogen (secondary N) is 1. The Balaban J connectivity index is 2.68. The molecule has 0 amide bonds. The van der Waals surface area contributed by atoms with Crippen molar-refractivity contribution in [2.24, 2.45) is 5.84 Å². The molecule has 0 unspecified atom stereocenters. The lowest BCUT2D eigenvalue weighted by Gasteiger charge is -2.13. The molecule has 0 radical (unpaired) electrons. The highest BCUT2D eigenvalue weighted by atomic mass is 16.5. The summed E-state index contributed by atoms with van der Waals surface area (Å²) < 4.78 is 5.53. The van der Waals surface area contributed by atoms with Gasteiger partial charge in [0.05, 0.1) is 6.10 Å². The molecule has 0 bridgehead atoms. The molecular weight excluding hydrogens is 176 g/mol. The molecule has 1 rings (SSSR count). The number of hydrogen-bond acceptors (Lipinski definition) is 3. The van der Waals surface area contributed by atoms with Crippen LogP contribution in [0, 0.1) is 0 Å². The lowest BCUT2D eigenvalue weighted by molar-refractivity contribution is 0.242. The van der Waals surface area contributed by atoms with E-state index in [0.29, 0.717) is 0 Å². The van der Waals surface area contributed by atoms with Crippen LogP contribution in [0.1, 0.15) is 32.4 Å². The van der Waals surface area contributed by atoms with E-state index < -0.39 is 0 Å². The minimum absolute atomic E-state index is 0.170. The fraction of sp³-hybridized carbons (Fsp3) is 0.455. The van der Waals surface area contributed by atoms with Gasteiger partial charge in [0.15, 0.2) is 0 Å². The quantitative estimate of drug-likeness (QED) is 0.569. The molecule has 1 aromatic carbocycles. The van der Waals surface area contributed by atoms with Crippen LogP contribution < -0.4 is 16.0 Å². The molecule has 0 aliphatic rings. The van der Waals surface area contributed by atoms with Crippen molar-refractivity contribution in [3.8, 4) is 5.75 Å². The third-order valence-corrected chi connectivity index (χ3v) is 2.00. The topological polar surface area (TPSA) is 47.3 Å². The van der Waals surface area contributed by atoms with Crippen LogP contribution in [-0.4, -0.2) is 6.10 Å². The average Bonchev–Trinajstić information content (AvgIpc) is 2.17. The molecule has 14 heavy (non-hydrogen) atoms. The molecule has 0 aliphatic carbocycles. The Morgan fingerprint density at radius 3 is 2.14 bits per heavy atom. The van der Waals surface area contributed by atoms with Crippen LogP contribution in [0.3, 0.4) is 0 Å². The second-order valence-corrected chi connectivity index (χ2v) is 3.62. The molecule has 3 N–H and O–H groups in total. The van der Waals surface area contributed by atoms with Crippen LogP contribution in [0.2, 0.25) is 0 Å². The van der Waals surface area contributed by atoms with Crippen LogP contribution in [0.5, 0.6) is 5.75 Å². The van der Waals surface area contributed by atoms with Gasteiger partial charge in [0.1, 0.15) is 5.75 Å². The van der Waals surface area contributed by atoms with E-state index in [9.17, 15) is 0 Å². The third-order valence-electron chi connectivity index (χ3n) is 2.00. The highest BCUT2D eigenvalue weighted by Gasteiger charge is 2.03. The lowest BCUT2D eigenvalue weighted by atomic mass is 10.1. The van der Waals surface area contributed by atoms with Crippen molar-refractivity contribution in [3.63, 3.8) is 0 Å². The van der Waals surface area contributed by atoms with Gasteiger partial charge in [0.25, 0.3) is 0 Å². The SMILES string of the molecule is CC(C)Oc1ccc([C@H](C)NN)cc1. The van der Waals surface area contributed by atoms with Gasteiger partial charge < -0.3 is 4.74 Å². The molecule has 0 aromatic heterocycles. The van der Waals surface area contributed by atoms with Crippen molar-refractivity contribution in [2.75, 3.05) is 0 Å². The van der Waals surface area contributed by atoms with Crippen LogP contribution in [0.4, 0.5) is 0 Å². The van der Waals surface area contributed by atoms with Gasteiger partial charge >= 0.3 is 0 Å². The molecule has 0 heterocycles. The Hall–Kier alpha value is -1.06. The summed E-state index contributed by atoms with van der Waals surface area (Å²) in [6.07, 6.45) is 0.214. The second-order valence-electron chi connectivity index (χ2n) is 3.62. The smallest absolute Gasteiger partial charge is 0.119 e. The molecule has 0 saturated carbocycles. The summed E-state index contributed by atoms with van der Waals surface area (Å²) in [5, 5.41) is 0. The zero-order chi connectivity index (χ0) is 10.6. The van der Waals surface area contributed by atoms with Gasteiger partial charge in [-0.25, -0.2) is 0 Å². The van der Waals surface area contributed by atoms with Gasteiger partial charge in [0.2, 0.25) is 0 Å². The standard InChI is InChI=1S/C11H18N2O/c1-8(2)14-11-6-4-10(5-7-11)9(3)13-12/h4-9,13H,12H2,1-3H3/t9-/m0/s1. The molecule has 0 spiro atoms. The predicted molar refractivity (Wildman–Crippen MR) is 57.9 cm³/mol. The molecule has 0 fully saturated rings. The van der Waals surface area contributed by atoms with Crippen LogP contribution in [0.15, 0.2) is 24.3 Å². The van der Waals surface area contributed by atoms with Gasteiger partial charge in [-0.05, 0) is 38.5 Å². The molecule has 1 atom stereocenters. The van der Waals surface area contributed by atoms with Crippen molar-refractivity contribution in [2.45, 2.75) is 32.9 Å². The Kier molecular flexibility index (Phi) is 3.92. The van der Waals surface area contributed by atoms with Gasteiger partial charge in [-0.15, -0.1) is 0 Å². The molecule has 0 aliphatic heterocycles. The van der Waals surface area contributed by atoms with Crippen LogP contribution >= 0.6 is 0 Å². The molecule has 78 valence electrons. The third kappa shape index (κ3) is 3.01. The van der Waals surface area contributed by atoms with Gasteiger partial charge in [-0.1, -0.05) is 12.1 Å². The van der Waals surface area contributed by atoms with Crippen molar-refractivity contribution < 1.29 is 4.74 Å². The summed E-state index contributed by atoms with van der Waals surface area (Å²) >= 11 is 0. The highest BCUT2D eigenvalue weighted by molar-refractivity contribution is 5.28. The normalized spacial score (nSPS) is 12.9. The Morgan fingerprint density at radius 1 is 1.14 bits per heavy atom. The highest BCUT2D eigenvalue weighted by Crippen LogP contribution is 2.17. The summed E-state index contributed by atoms with van der Waals surface area (Å²) in [6.45, 7) is 6.04. The first-order valence-electron chi connectivity index (χ1n) is 4.86. The largest absolute Gasteiger partial charge is 0.491 e. The van der Waals surface area contributed by atoms with Crippen molar-refractivity contribution in [3.05, 3.63) is 29.8 Å². The molecular formula is C11H18N2O. The summed E-state index contributed by atoms with van der Waals surface area (Å²) in [6, 6.07) is 8.12. The molecule has 3 nitrogen and oxygen atoms in total. The van der Waals surface area contributed by atoms with E-state index >= 15 is 0 Å². The van der Waals surface area contributed by atoms with Crippen molar-refractivity contribution in [1.29, 1.82) is 0 Å². The Morgan fingerprint density at radius 2 is 1.71 bits per heavy atom. The Bertz CT molecular complexity index is 269. The monoisotopic (exact) mass is 194 g/mol. The summed E-state index contributed by atoms with van der Waals surface area (Å²) in [5.41, 5.74) is 3.86. The molecule has 1 aromatic rings. The number of rotatable bonds is 4. The van der Waals surface area contributed by atoms with Gasteiger partial charge in [0, 0.05) is 6.04 Å². The van der Waals surface area contributed by atoms with E-state index in [0.717, 1.165) is 11.3 Å². The van der Waals surface area contributed by atoms with E-state index in [4.69, 9.17) is 10.6 Å². The molecule has 3 heteroatoms. The summed E-state index contributed by atoms with van der Waals surface area (Å²) in [7, 11) is 0.